The Labute approximate surface area is 85.5 Å². The quantitative estimate of drug-likeness (QED) is 0.518. The first-order valence-electron chi connectivity index (χ1n) is 5.06. The summed E-state index contributed by atoms with van der Waals surface area (Å²) in [7, 11) is 1.43. The summed E-state index contributed by atoms with van der Waals surface area (Å²) in [6.45, 7) is 6.17. The highest BCUT2D eigenvalue weighted by molar-refractivity contribution is 5.80. The van der Waals surface area contributed by atoms with Crippen molar-refractivity contribution in [2.75, 3.05) is 13.7 Å². The van der Waals surface area contributed by atoms with Crippen LogP contribution in [0.1, 0.15) is 26.2 Å². The Morgan fingerprint density at radius 2 is 2.36 bits per heavy atom. The SMILES string of the molecule is C=CCNC(C)(CC1CC1)C(=O)OC. The third kappa shape index (κ3) is 2.84. The van der Waals surface area contributed by atoms with Gasteiger partial charge in [0.15, 0.2) is 0 Å². The number of esters is 1. The molecule has 80 valence electrons. The van der Waals surface area contributed by atoms with Gasteiger partial charge in [-0.2, -0.15) is 0 Å². The van der Waals surface area contributed by atoms with Gasteiger partial charge in [-0.05, 0) is 19.3 Å². The van der Waals surface area contributed by atoms with Crippen LogP contribution < -0.4 is 5.32 Å². The van der Waals surface area contributed by atoms with Crippen LogP contribution in [0.25, 0.3) is 0 Å². The van der Waals surface area contributed by atoms with E-state index < -0.39 is 5.54 Å². The Morgan fingerprint density at radius 3 is 2.79 bits per heavy atom. The molecule has 1 atom stereocenters. The van der Waals surface area contributed by atoms with Gasteiger partial charge in [0, 0.05) is 6.54 Å². The number of carbonyl (C=O) groups excluding carboxylic acids is 1. The second-order valence-electron chi connectivity index (χ2n) is 4.14. The topological polar surface area (TPSA) is 38.3 Å². The van der Waals surface area contributed by atoms with Crippen molar-refractivity contribution in [1.29, 1.82) is 0 Å². The maximum atomic E-state index is 11.6. The monoisotopic (exact) mass is 197 g/mol. The van der Waals surface area contributed by atoms with Crippen LogP contribution in [0, 0.1) is 5.92 Å². The lowest BCUT2D eigenvalue weighted by atomic mass is 9.95. The first-order chi connectivity index (χ1) is 6.62. The second-order valence-corrected chi connectivity index (χ2v) is 4.14. The van der Waals surface area contributed by atoms with Gasteiger partial charge in [0.05, 0.1) is 7.11 Å². The minimum absolute atomic E-state index is 0.175. The number of hydrogen-bond donors (Lipinski definition) is 1. The van der Waals surface area contributed by atoms with E-state index in [9.17, 15) is 4.79 Å². The largest absolute Gasteiger partial charge is 0.468 e. The van der Waals surface area contributed by atoms with Gasteiger partial charge in [0.1, 0.15) is 5.54 Å². The molecule has 1 aliphatic carbocycles. The van der Waals surface area contributed by atoms with Gasteiger partial charge in [-0.1, -0.05) is 18.9 Å². The summed E-state index contributed by atoms with van der Waals surface area (Å²) in [6.07, 6.45) is 5.10. The summed E-state index contributed by atoms with van der Waals surface area (Å²) in [5.41, 5.74) is -0.538. The highest BCUT2D eigenvalue weighted by Gasteiger charge is 2.39. The molecule has 3 nitrogen and oxygen atoms in total. The lowest BCUT2D eigenvalue weighted by Gasteiger charge is -2.27. The van der Waals surface area contributed by atoms with Crippen molar-refractivity contribution in [3.63, 3.8) is 0 Å². The molecule has 1 rings (SSSR count). The number of methoxy groups -OCH3 is 1. The fourth-order valence-corrected chi connectivity index (χ4v) is 1.65. The van der Waals surface area contributed by atoms with Crippen LogP contribution in [-0.4, -0.2) is 25.2 Å². The fraction of sp³-hybridized carbons (Fsp3) is 0.727. The van der Waals surface area contributed by atoms with Gasteiger partial charge >= 0.3 is 5.97 Å². The van der Waals surface area contributed by atoms with Crippen molar-refractivity contribution >= 4 is 5.97 Å². The van der Waals surface area contributed by atoms with Gasteiger partial charge in [0.2, 0.25) is 0 Å². The molecule has 0 aromatic carbocycles. The van der Waals surface area contributed by atoms with Crippen LogP contribution in [0.4, 0.5) is 0 Å². The summed E-state index contributed by atoms with van der Waals surface area (Å²) in [5, 5.41) is 3.18. The van der Waals surface area contributed by atoms with Crippen LogP contribution >= 0.6 is 0 Å². The van der Waals surface area contributed by atoms with E-state index in [1.807, 2.05) is 6.92 Å². The number of nitrogens with one attached hydrogen (secondary N) is 1. The summed E-state index contributed by atoms with van der Waals surface area (Å²) >= 11 is 0. The van der Waals surface area contributed by atoms with Crippen LogP contribution in [-0.2, 0) is 9.53 Å². The zero-order valence-corrected chi connectivity index (χ0v) is 9.01. The molecule has 0 amide bonds. The van der Waals surface area contributed by atoms with Crippen LogP contribution in [0.3, 0.4) is 0 Å². The van der Waals surface area contributed by atoms with E-state index in [4.69, 9.17) is 4.74 Å². The number of ether oxygens (including phenoxy) is 1. The maximum Gasteiger partial charge on any atom is 0.325 e. The Bertz CT molecular complexity index is 223. The fourth-order valence-electron chi connectivity index (χ4n) is 1.65. The number of rotatable bonds is 6. The molecule has 0 heterocycles. The first kappa shape index (κ1) is 11.2. The highest BCUT2D eigenvalue weighted by Crippen LogP contribution is 2.37. The molecule has 1 unspecified atom stereocenters. The molecule has 1 aliphatic rings. The summed E-state index contributed by atoms with van der Waals surface area (Å²) in [5.74, 6) is 0.516. The van der Waals surface area contributed by atoms with E-state index in [2.05, 4.69) is 11.9 Å². The minimum atomic E-state index is -0.538. The molecule has 3 heteroatoms. The highest BCUT2D eigenvalue weighted by atomic mass is 16.5. The lowest BCUT2D eigenvalue weighted by Crippen LogP contribution is -2.50. The van der Waals surface area contributed by atoms with Gasteiger partial charge in [-0.3, -0.25) is 10.1 Å². The molecule has 0 bridgehead atoms. The molecule has 0 saturated heterocycles. The molecular weight excluding hydrogens is 178 g/mol. The van der Waals surface area contributed by atoms with E-state index in [0.717, 1.165) is 6.42 Å². The first-order valence-corrected chi connectivity index (χ1v) is 5.06. The van der Waals surface area contributed by atoms with Crippen LogP contribution in [0.5, 0.6) is 0 Å². The molecule has 0 aromatic rings. The van der Waals surface area contributed by atoms with Gasteiger partial charge in [0.25, 0.3) is 0 Å². The molecule has 1 fully saturated rings. The van der Waals surface area contributed by atoms with Crippen molar-refractivity contribution in [3.05, 3.63) is 12.7 Å². The van der Waals surface area contributed by atoms with E-state index in [-0.39, 0.29) is 5.97 Å². The van der Waals surface area contributed by atoms with E-state index in [1.165, 1.54) is 20.0 Å². The predicted molar refractivity (Wildman–Crippen MR) is 56.0 cm³/mol. The summed E-state index contributed by atoms with van der Waals surface area (Å²) in [4.78, 5) is 11.6. The van der Waals surface area contributed by atoms with Crippen molar-refractivity contribution in [2.45, 2.75) is 31.7 Å². The summed E-state index contributed by atoms with van der Waals surface area (Å²) < 4.78 is 4.81. The van der Waals surface area contributed by atoms with Crippen LogP contribution in [0.15, 0.2) is 12.7 Å². The maximum absolute atomic E-state index is 11.6. The third-order valence-electron chi connectivity index (χ3n) is 2.67. The van der Waals surface area contributed by atoms with Crippen LogP contribution in [0.2, 0.25) is 0 Å². The van der Waals surface area contributed by atoms with Gasteiger partial charge < -0.3 is 4.74 Å². The molecular formula is C11H19NO2. The molecule has 1 saturated carbocycles. The summed E-state index contributed by atoms with van der Waals surface area (Å²) in [6, 6.07) is 0. The normalized spacial score (nSPS) is 19.9. The van der Waals surface area contributed by atoms with Gasteiger partial charge in [-0.25, -0.2) is 0 Å². The Morgan fingerprint density at radius 1 is 1.71 bits per heavy atom. The smallest absolute Gasteiger partial charge is 0.325 e. The van der Waals surface area contributed by atoms with Gasteiger partial charge in [-0.15, -0.1) is 6.58 Å². The van der Waals surface area contributed by atoms with Crippen molar-refractivity contribution in [3.8, 4) is 0 Å². The molecule has 0 spiro atoms. The molecule has 1 N–H and O–H groups in total. The Kier molecular flexibility index (Phi) is 3.69. The third-order valence-corrected chi connectivity index (χ3v) is 2.67. The Balaban J connectivity index is 2.55. The second kappa shape index (κ2) is 4.60. The zero-order chi connectivity index (χ0) is 10.6. The number of carbonyl (C=O) groups is 1. The van der Waals surface area contributed by atoms with E-state index in [1.54, 1.807) is 6.08 Å². The van der Waals surface area contributed by atoms with Crippen molar-refractivity contribution in [2.24, 2.45) is 5.92 Å². The molecule has 0 aromatic heterocycles. The molecule has 0 aliphatic heterocycles. The standard InChI is InChI=1S/C11H19NO2/c1-4-7-12-11(2,10(13)14-3)8-9-5-6-9/h4,9,12H,1,5-8H2,2-3H3. The zero-order valence-electron chi connectivity index (χ0n) is 9.01. The number of hydrogen-bond acceptors (Lipinski definition) is 3. The lowest BCUT2D eigenvalue weighted by molar-refractivity contribution is -0.148. The van der Waals surface area contributed by atoms with E-state index >= 15 is 0 Å². The van der Waals surface area contributed by atoms with Crippen molar-refractivity contribution in [1.82, 2.24) is 5.32 Å². The average Bonchev–Trinajstić information content (AvgIpc) is 2.97. The Hall–Kier alpha value is -0.830. The van der Waals surface area contributed by atoms with E-state index in [0.29, 0.717) is 12.5 Å². The minimum Gasteiger partial charge on any atom is -0.468 e. The predicted octanol–water partition coefficient (Wildman–Crippen LogP) is 1.49. The molecule has 0 radical (unpaired) electrons. The molecule has 14 heavy (non-hydrogen) atoms. The average molecular weight is 197 g/mol. The van der Waals surface area contributed by atoms with Crippen molar-refractivity contribution < 1.29 is 9.53 Å².